The molecule has 1 N–H and O–H groups in total. The van der Waals surface area contributed by atoms with Crippen LogP contribution in [0.1, 0.15) is 32.6 Å². The van der Waals surface area contributed by atoms with E-state index in [2.05, 4.69) is 17.7 Å². The Morgan fingerprint density at radius 3 is 2.52 bits per heavy atom. The van der Waals surface area contributed by atoms with Crippen LogP contribution in [0.2, 0.25) is 10.0 Å². The SMILES string of the molecule is CC1CCC(C#N)(NS(=O)(=O)c2cc(Cl)ccc2Cl)CC1. The van der Waals surface area contributed by atoms with Gasteiger partial charge in [0.15, 0.2) is 0 Å². The molecule has 1 aliphatic carbocycles. The van der Waals surface area contributed by atoms with Crippen molar-refractivity contribution < 1.29 is 8.42 Å². The van der Waals surface area contributed by atoms with Gasteiger partial charge in [-0.15, -0.1) is 0 Å². The van der Waals surface area contributed by atoms with Crippen molar-refractivity contribution in [2.24, 2.45) is 5.92 Å². The van der Waals surface area contributed by atoms with Gasteiger partial charge in [0, 0.05) is 5.02 Å². The third kappa shape index (κ3) is 3.70. The molecule has 0 radical (unpaired) electrons. The number of nitrogens with zero attached hydrogens (tertiary/aromatic N) is 1. The molecule has 1 aromatic carbocycles. The molecule has 21 heavy (non-hydrogen) atoms. The molecule has 1 aromatic rings. The summed E-state index contributed by atoms with van der Waals surface area (Å²) in [5, 5.41) is 9.79. The van der Waals surface area contributed by atoms with Gasteiger partial charge in [-0.2, -0.15) is 9.98 Å². The summed E-state index contributed by atoms with van der Waals surface area (Å²) in [6.07, 6.45) is 2.64. The maximum Gasteiger partial charge on any atom is 0.243 e. The fourth-order valence-electron chi connectivity index (χ4n) is 2.49. The zero-order valence-electron chi connectivity index (χ0n) is 11.6. The molecule has 0 atom stereocenters. The zero-order chi connectivity index (χ0) is 15.7. The summed E-state index contributed by atoms with van der Waals surface area (Å²) >= 11 is 11.8. The van der Waals surface area contributed by atoms with Crippen LogP contribution in [0.15, 0.2) is 23.1 Å². The van der Waals surface area contributed by atoms with E-state index in [0.717, 1.165) is 12.8 Å². The Hall–Kier alpha value is -0.800. The molecule has 0 unspecified atom stereocenters. The highest BCUT2D eigenvalue weighted by Gasteiger charge is 2.38. The molecule has 0 aliphatic heterocycles. The molecule has 1 saturated carbocycles. The maximum atomic E-state index is 12.5. The van der Waals surface area contributed by atoms with Gasteiger partial charge in [-0.1, -0.05) is 30.1 Å². The lowest BCUT2D eigenvalue weighted by Crippen LogP contribution is -2.49. The van der Waals surface area contributed by atoms with Crippen LogP contribution in [0, 0.1) is 17.2 Å². The predicted molar refractivity (Wildman–Crippen MR) is 82.8 cm³/mol. The molecule has 114 valence electrons. The number of benzene rings is 1. The van der Waals surface area contributed by atoms with Crippen molar-refractivity contribution in [1.82, 2.24) is 4.72 Å². The number of sulfonamides is 1. The molecule has 0 amide bonds. The highest BCUT2D eigenvalue weighted by molar-refractivity contribution is 7.89. The standard InChI is InChI=1S/C14H16Cl2N2O2S/c1-10-4-6-14(9-17,7-5-10)18-21(19,20)13-8-11(15)2-3-12(13)16/h2-3,8,10,18H,4-7H2,1H3. The van der Waals surface area contributed by atoms with E-state index in [4.69, 9.17) is 23.2 Å². The average molecular weight is 347 g/mol. The van der Waals surface area contributed by atoms with E-state index in [1.165, 1.54) is 18.2 Å². The summed E-state index contributed by atoms with van der Waals surface area (Å²) in [7, 11) is -3.89. The average Bonchev–Trinajstić information content (AvgIpc) is 2.44. The molecule has 1 aliphatic rings. The van der Waals surface area contributed by atoms with Crippen LogP contribution in [-0.4, -0.2) is 14.0 Å². The van der Waals surface area contributed by atoms with E-state index in [1.54, 1.807) is 0 Å². The van der Waals surface area contributed by atoms with E-state index in [9.17, 15) is 13.7 Å². The molecule has 4 nitrogen and oxygen atoms in total. The lowest BCUT2D eigenvalue weighted by Gasteiger charge is -2.34. The predicted octanol–water partition coefficient (Wildman–Crippen LogP) is 3.74. The van der Waals surface area contributed by atoms with E-state index in [0.29, 0.717) is 18.8 Å². The molecule has 0 heterocycles. The van der Waals surface area contributed by atoms with Crippen molar-refractivity contribution in [3.63, 3.8) is 0 Å². The Morgan fingerprint density at radius 2 is 1.95 bits per heavy atom. The fourth-order valence-corrected chi connectivity index (χ4v) is 4.63. The van der Waals surface area contributed by atoms with Gasteiger partial charge in [0.1, 0.15) is 10.4 Å². The summed E-state index contributed by atoms with van der Waals surface area (Å²) in [6, 6.07) is 6.38. The second-order valence-corrected chi connectivity index (χ2v) is 8.05. The Balaban J connectivity index is 2.32. The minimum absolute atomic E-state index is 0.0872. The molecule has 0 aromatic heterocycles. The number of nitrogens with one attached hydrogen (secondary N) is 1. The van der Waals surface area contributed by atoms with Gasteiger partial charge in [-0.3, -0.25) is 0 Å². The van der Waals surface area contributed by atoms with Gasteiger partial charge in [0.05, 0.1) is 11.1 Å². The van der Waals surface area contributed by atoms with Crippen LogP contribution in [0.5, 0.6) is 0 Å². The lowest BCUT2D eigenvalue weighted by atomic mass is 9.79. The first-order valence-corrected chi connectivity index (χ1v) is 8.92. The van der Waals surface area contributed by atoms with Gasteiger partial charge >= 0.3 is 0 Å². The molecular formula is C14H16Cl2N2O2S. The fraction of sp³-hybridized carbons (Fsp3) is 0.500. The summed E-state index contributed by atoms with van der Waals surface area (Å²) in [5.74, 6) is 0.505. The van der Waals surface area contributed by atoms with Gasteiger partial charge in [-0.25, -0.2) is 8.42 Å². The molecule has 7 heteroatoms. The Kier molecular flexibility index (Phi) is 4.84. The van der Waals surface area contributed by atoms with Crippen LogP contribution in [-0.2, 0) is 10.0 Å². The molecule has 1 fully saturated rings. The Bertz CT molecular complexity index is 675. The van der Waals surface area contributed by atoms with Gasteiger partial charge < -0.3 is 0 Å². The summed E-state index contributed by atoms with van der Waals surface area (Å²) < 4.78 is 27.6. The first-order chi connectivity index (χ1) is 9.78. The lowest BCUT2D eigenvalue weighted by molar-refractivity contribution is 0.278. The van der Waals surface area contributed by atoms with Crippen molar-refractivity contribution >= 4 is 33.2 Å². The molecule has 0 bridgehead atoms. The number of nitriles is 1. The van der Waals surface area contributed by atoms with E-state index >= 15 is 0 Å². The van der Waals surface area contributed by atoms with Crippen LogP contribution >= 0.6 is 23.2 Å². The smallest absolute Gasteiger partial charge is 0.207 e. The first kappa shape index (κ1) is 16.6. The highest BCUT2D eigenvalue weighted by atomic mass is 35.5. The largest absolute Gasteiger partial charge is 0.243 e. The molecule has 2 rings (SSSR count). The third-order valence-electron chi connectivity index (χ3n) is 3.85. The van der Waals surface area contributed by atoms with E-state index < -0.39 is 15.6 Å². The normalized spacial score (nSPS) is 26.3. The van der Waals surface area contributed by atoms with Crippen molar-refractivity contribution in [1.29, 1.82) is 5.26 Å². The van der Waals surface area contributed by atoms with Crippen LogP contribution in [0.4, 0.5) is 0 Å². The van der Waals surface area contributed by atoms with Gasteiger partial charge in [0.25, 0.3) is 0 Å². The van der Waals surface area contributed by atoms with Crippen LogP contribution in [0.3, 0.4) is 0 Å². The molecular weight excluding hydrogens is 331 g/mol. The second kappa shape index (κ2) is 6.13. The van der Waals surface area contributed by atoms with Crippen LogP contribution in [0.25, 0.3) is 0 Å². The molecule has 0 spiro atoms. The maximum absolute atomic E-state index is 12.5. The number of hydrogen-bond donors (Lipinski definition) is 1. The Labute approximate surface area is 135 Å². The quantitative estimate of drug-likeness (QED) is 0.905. The summed E-state index contributed by atoms with van der Waals surface area (Å²) in [6.45, 7) is 2.10. The molecule has 0 saturated heterocycles. The monoisotopic (exact) mass is 346 g/mol. The number of rotatable bonds is 3. The van der Waals surface area contributed by atoms with Crippen molar-refractivity contribution in [3.05, 3.63) is 28.2 Å². The van der Waals surface area contributed by atoms with Gasteiger partial charge in [0.2, 0.25) is 10.0 Å². The van der Waals surface area contributed by atoms with Gasteiger partial charge in [-0.05, 0) is 49.8 Å². The summed E-state index contributed by atoms with van der Waals surface area (Å²) in [4.78, 5) is -0.0927. The number of hydrogen-bond acceptors (Lipinski definition) is 3. The Morgan fingerprint density at radius 1 is 1.33 bits per heavy atom. The van der Waals surface area contributed by atoms with Crippen molar-refractivity contribution in [2.45, 2.75) is 43.0 Å². The third-order valence-corrected chi connectivity index (χ3v) is 6.11. The minimum Gasteiger partial charge on any atom is -0.207 e. The second-order valence-electron chi connectivity index (χ2n) is 5.56. The van der Waals surface area contributed by atoms with E-state index in [1.807, 2.05) is 0 Å². The number of halogens is 2. The minimum atomic E-state index is -3.89. The topological polar surface area (TPSA) is 70.0 Å². The van der Waals surface area contributed by atoms with E-state index in [-0.39, 0.29) is 14.9 Å². The first-order valence-electron chi connectivity index (χ1n) is 6.68. The van der Waals surface area contributed by atoms with Crippen LogP contribution < -0.4 is 4.72 Å². The zero-order valence-corrected chi connectivity index (χ0v) is 13.9. The summed E-state index contributed by atoms with van der Waals surface area (Å²) in [5.41, 5.74) is -1.06. The van der Waals surface area contributed by atoms with Crippen molar-refractivity contribution in [3.8, 4) is 6.07 Å². The highest BCUT2D eigenvalue weighted by Crippen LogP contribution is 2.34. The van der Waals surface area contributed by atoms with Crippen molar-refractivity contribution in [2.75, 3.05) is 0 Å².